The fourth-order valence-corrected chi connectivity index (χ4v) is 3.03. The molecule has 2 rings (SSSR count). The van der Waals surface area contributed by atoms with Crippen LogP contribution in [0.15, 0.2) is 53.4 Å². The summed E-state index contributed by atoms with van der Waals surface area (Å²) in [5.74, 6) is 1.02. The molecule has 0 unspecified atom stereocenters. The van der Waals surface area contributed by atoms with Gasteiger partial charge in [0.1, 0.15) is 0 Å². The summed E-state index contributed by atoms with van der Waals surface area (Å²) < 4.78 is 0. The first-order chi connectivity index (χ1) is 9.99. The van der Waals surface area contributed by atoms with E-state index >= 15 is 0 Å². The lowest BCUT2D eigenvalue weighted by atomic mass is 9.87. The Hall–Kier alpha value is -1.25. The van der Waals surface area contributed by atoms with Gasteiger partial charge in [-0.2, -0.15) is 0 Å². The van der Waals surface area contributed by atoms with Gasteiger partial charge in [-0.05, 0) is 41.3 Å². The highest BCUT2D eigenvalue weighted by molar-refractivity contribution is 7.98. The summed E-state index contributed by atoms with van der Waals surface area (Å²) in [6.07, 6.45) is 0. The van der Waals surface area contributed by atoms with E-state index in [-0.39, 0.29) is 5.41 Å². The van der Waals surface area contributed by atoms with Crippen molar-refractivity contribution in [1.82, 2.24) is 5.32 Å². The fourth-order valence-electron chi connectivity index (χ4n) is 2.18. The van der Waals surface area contributed by atoms with Crippen molar-refractivity contribution in [2.75, 3.05) is 7.05 Å². The van der Waals surface area contributed by atoms with E-state index in [1.807, 2.05) is 18.8 Å². The Morgan fingerprint density at radius 3 is 1.95 bits per heavy atom. The van der Waals surface area contributed by atoms with Gasteiger partial charge in [-0.25, -0.2) is 0 Å². The van der Waals surface area contributed by atoms with Gasteiger partial charge in [0.05, 0.1) is 0 Å². The highest BCUT2D eigenvalue weighted by Crippen LogP contribution is 2.26. The smallest absolute Gasteiger partial charge is 0.0231 e. The van der Waals surface area contributed by atoms with E-state index < -0.39 is 0 Å². The second-order valence-corrected chi connectivity index (χ2v) is 7.46. The first kappa shape index (κ1) is 16.1. The van der Waals surface area contributed by atoms with Crippen molar-refractivity contribution in [3.05, 3.63) is 65.2 Å². The maximum Gasteiger partial charge on any atom is 0.0231 e. The molecule has 2 aromatic rings. The zero-order valence-electron chi connectivity index (χ0n) is 13.4. The van der Waals surface area contributed by atoms with Crippen LogP contribution in [0.4, 0.5) is 0 Å². The van der Waals surface area contributed by atoms with Crippen LogP contribution in [0, 0.1) is 0 Å². The molecule has 0 fully saturated rings. The summed E-state index contributed by atoms with van der Waals surface area (Å²) in [7, 11) is 1.98. The van der Waals surface area contributed by atoms with Crippen LogP contribution in [0.2, 0.25) is 0 Å². The van der Waals surface area contributed by atoms with Crippen LogP contribution in [0.25, 0.3) is 0 Å². The minimum absolute atomic E-state index is 0.231. The Morgan fingerprint density at radius 2 is 1.43 bits per heavy atom. The van der Waals surface area contributed by atoms with E-state index in [4.69, 9.17) is 0 Å². The summed E-state index contributed by atoms with van der Waals surface area (Å²) in [6, 6.07) is 17.8. The van der Waals surface area contributed by atoms with Crippen LogP contribution in [-0.2, 0) is 17.7 Å². The Morgan fingerprint density at radius 1 is 0.857 bits per heavy atom. The Labute approximate surface area is 133 Å². The molecule has 0 radical (unpaired) electrons. The highest BCUT2D eigenvalue weighted by atomic mass is 32.2. The molecule has 0 bridgehead atoms. The molecular formula is C19H25NS. The normalized spacial score (nSPS) is 11.6. The fraction of sp³-hybridized carbons (Fsp3) is 0.368. The standard InChI is InChI=1S/C19H25NS/c1-19(2,3)17-9-5-16(6-10-17)14-21-18-11-7-15(8-12-18)13-20-4/h5-12,20H,13-14H2,1-4H3. The third-order valence-electron chi connectivity index (χ3n) is 3.53. The molecule has 0 aliphatic rings. The van der Waals surface area contributed by atoms with Crippen LogP contribution in [0.1, 0.15) is 37.5 Å². The maximum atomic E-state index is 3.17. The topological polar surface area (TPSA) is 12.0 Å². The van der Waals surface area contributed by atoms with E-state index in [1.165, 1.54) is 21.6 Å². The average molecular weight is 299 g/mol. The minimum Gasteiger partial charge on any atom is -0.316 e. The summed E-state index contributed by atoms with van der Waals surface area (Å²) in [5.41, 5.74) is 4.34. The van der Waals surface area contributed by atoms with Crippen LogP contribution in [0.3, 0.4) is 0 Å². The van der Waals surface area contributed by atoms with Gasteiger partial charge in [0.25, 0.3) is 0 Å². The quantitative estimate of drug-likeness (QED) is 0.780. The number of rotatable bonds is 5. The molecular weight excluding hydrogens is 274 g/mol. The average Bonchev–Trinajstić information content (AvgIpc) is 2.46. The van der Waals surface area contributed by atoms with Crippen molar-refractivity contribution in [3.8, 4) is 0 Å². The molecule has 0 aliphatic carbocycles. The zero-order valence-corrected chi connectivity index (χ0v) is 14.3. The molecule has 0 aromatic heterocycles. The van der Waals surface area contributed by atoms with Gasteiger partial charge in [-0.15, -0.1) is 11.8 Å². The number of nitrogens with one attached hydrogen (secondary N) is 1. The third-order valence-corrected chi connectivity index (χ3v) is 4.61. The van der Waals surface area contributed by atoms with Crippen molar-refractivity contribution in [2.24, 2.45) is 0 Å². The van der Waals surface area contributed by atoms with Gasteiger partial charge in [0.2, 0.25) is 0 Å². The zero-order chi connectivity index (χ0) is 15.3. The molecule has 0 heterocycles. The second kappa shape index (κ2) is 7.15. The molecule has 0 atom stereocenters. The summed E-state index contributed by atoms with van der Waals surface area (Å²) in [6.45, 7) is 7.69. The minimum atomic E-state index is 0.231. The molecule has 1 N–H and O–H groups in total. The molecule has 0 saturated carbocycles. The van der Waals surface area contributed by atoms with Gasteiger partial charge < -0.3 is 5.32 Å². The lowest BCUT2D eigenvalue weighted by Crippen LogP contribution is -2.10. The van der Waals surface area contributed by atoms with Gasteiger partial charge in [-0.3, -0.25) is 0 Å². The van der Waals surface area contributed by atoms with E-state index in [9.17, 15) is 0 Å². The first-order valence-electron chi connectivity index (χ1n) is 7.45. The number of thioether (sulfide) groups is 1. The predicted octanol–water partition coefficient (Wildman–Crippen LogP) is 5.00. The van der Waals surface area contributed by atoms with E-state index in [1.54, 1.807) is 0 Å². The highest BCUT2D eigenvalue weighted by Gasteiger charge is 2.12. The number of hydrogen-bond donors (Lipinski definition) is 1. The number of benzene rings is 2. The molecule has 2 heteroatoms. The molecule has 21 heavy (non-hydrogen) atoms. The van der Waals surface area contributed by atoms with Gasteiger partial charge in [0, 0.05) is 17.2 Å². The lowest BCUT2D eigenvalue weighted by molar-refractivity contribution is 0.590. The molecule has 1 nitrogen and oxygen atoms in total. The SMILES string of the molecule is CNCc1ccc(SCc2ccc(C(C)(C)C)cc2)cc1. The van der Waals surface area contributed by atoms with Crippen molar-refractivity contribution >= 4 is 11.8 Å². The first-order valence-corrected chi connectivity index (χ1v) is 8.43. The van der Waals surface area contributed by atoms with Crippen LogP contribution in [0.5, 0.6) is 0 Å². The second-order valence-electron chi connectivity index (χ2n) is 6.41. The van der Waals surface area contributed by atoms with Crippen LogP contribution < -0.4 is 5.32 Å². The van der Waals surface area contributed by atoms with E-state index in [0.717, 1.165) is 12.3 Å². The lowest BCUT2D eigenvalue weighted by Gasteiger charge is -2.19. The molecule has 0 saturated heterocycles. The van der Waals surface area contributed by atoms with Crippen molar-refractivity contribution < 1.29 is 0 Å². The van der Waals surface area contributed by atoms with Gasteiger partial charge in [-0.1, -0.05) is 57.2 Å². The molecule has 0 amide bonds. The monoisotopic (exact) mass is 299 g/mol. The molecule has 0 spiro atoms. The van der Waals surface area contributed by atoms with Gasteiger partial charge >= 0.3 is 0 Å². The van der Waals surface area contributed by atoms with E-state index in [2.05, 4.69) is 74.6 Å². The van der Waals surface area contributed by atoms with Gasteiger partial charge in [0.15, 0.2) is 0 Å². The van der Waals surface area contributed by atoms with Crippen LogP contribution in [-0.4, -0.2) is 7.05 Å². The molecule has 2 aromatic carbocycles. The van der Waals surface area contributed by atoms with E-state index in [0.29, 0.717) is 0 Å². The largest absolute Gasteiger partial charge is 0.316 e. The predicted molar refractivity (Wildman–Crippen MR) is 93.9 cm³/mol. The maximum absolute atomic E-state index is 3.17. The summed E-state index contributed by atoms with van der Waals surface area (Å²) in [4.78, 5) is 1.33. The van der Waals surface area contributed by atoms with Crippen molar-refractivity contribution in [1.29, 1.82) is 0 Å². The summed E-state index contributed by atoms with van der Waals surface area (Å²) in [5, 5.41) is 3.17. The number of hydrogen-bond acceptors (Lipinski definition) is 2. The van der Waals surface area contributed by atoms with Crippen molar-refractivity contribution in [3.63, 3.8) is 0 Å². The Balaban J connectivity index is 1.93. The third kappa shape index (κ3) is 4.90. The Bertz CT molecular complexity index is 550. The van der Waals surface area contributed by atoms with Crippen LogP contribution >= 0.6 is 11.8 Å². The molecule has 112 valence electrons. The summed E-state index contributed by atoms with van der Waals surface area (Å²) >= 11 is 1.89. The molecule has 0 aliphatic heterocycles. The Kier molecular flexibility index (Phi) is 5.49. The van der Waals surface area contributed by atoms with Crippen molar-refractivity contribution in [2.45, 2.75) is 43.4 Å².